The van der Waals surface area contributed by atoms with Crippen LogP contribution in [0, 0.1) is 10.1 Å². The number of carbonyl (C=O) groups is 1. The van der Waals surface area contributed by atoms with Gasteiger partial charge in [0.2, 0.25) is 0 Å². The Morgan fingerprint density at radius 2 is 2.04 bits per heavy atom. The second kappa shape index (κ2) is 9.20. The summed E-state index contributed by atoms with van der Waals surface area (Å²) in [4.78, 5) is 22.4. The van der Waals surface area contributed by atoms with Crippen LogP contribution < -0.4 is 10.1 Å². The Hall–Kier alpha value is -2.60. The molecule has 0 fully saturated rings. The molecule has 7 heteroatoms. The maximum Gasteiger partial charge on any atom is 0.288 e. The molecule has 2 aromatic carbocycles. The fourth-order valence-electron chi connectivity index (χ4n) is 2.44. The molecule has 0 atom stereocenters. The van der Waals surface area contributed by atoms with Gasteiger partial charge in [0.1, 0.15) is 10.8 Å². The van der Waals surface area contributed by atoms with E-state index in [1.807, 2.05) is 38.1 Å². The molecule has 2 rings (SSSR count). The van der Waals surface area contributed by atoms with Crippen molar-refractivity contribution in [1.29, 1.82) is 0 Å². The van der Waals surface area contributed by atoms with Gasteiger partial charge < -0.3 is 10.1 Å². The van der Waals surface area contributed by atoms with Crippen LogP contribution in [0.25, 0.3) is 0 Å². The largest absolute Gasteiger partial charge is 0.491 e. The standard InChI is InChI=1S/C19H21ClN2O4/c1-13(2)26-16-7-3-5-14(11-16)6-4-10-21-19(23)15-8-9-17(20)18(12-15)22(24)25/h3,5,7-9,11-13H,4,6,10H2,1-2H3,(H,21,23). The fourth-order valence-corrected chi connectivity index (χ4v) is 2.62. The predicted octanol–water partition coefficient (Wildman–Crippen LogP) is 4.40. The number of hydrogen-bond acceptors (Lipinski definition) is 4. The third-order valence-electron chi connectivity index (χ3n) is 3.60. The van der Waals surface area contributed by atoms with E-state index in [0.29, 0.717) is 6.54 Å². The molecule has 0 aliphatic carbocycles. The Morgan fingerprint density at radius 3 is 2.73 bits per heavy atom. The maximum atomic E-state index is 12.1. The first kappa shape index (κ1) is 19.7. The third kappa shape index (κ3) is 5.74. The summed E-state index contributed by atoms with van der Waals surface area (Å²) in [5, 5.41) is 13.7. The summed E-state index contributed by atoms with van der Waals surface area (Å²) in [5.41, 5.74) is 1.06. The molecule has 0 aromatic heterocycles. The second-order valence-electron chi connectivity index (χ2n) is 6.10. The number of benzene rings is 2. The molecule has 0 unspecified atom stereocenters. The molecule has 6 nitrogen and oxygen atoms in total. The van der Waals surface area contributed by atoms with Crippen molar-refractivity contribution in [2.24, 2.45) is 0 Å². The summed E-state index contributed by atoms with van der Waals surface area (Å²) >= 11 is 5.75. The Balaban J connectivity index is 1.85. The average molecular weight is 377 g/mol. The van der Waals surface area contributed by atoms with Crippen LogP contribution in [-0.4, -0.2) is 23.5 Å². The third-order valence-corrected chi connectivity index (χ3v) is 3.92. The zero-order chi connectivity index (χ0) is 19.1. The lowest BCUT2D eigenvalue weighted by atomic mass is 10.1. The van der Waals surface area contributed by atoms with Crippen LogP contribution in [0.15, 0.2) is 42.5 Å². The van der Waals surface area contributed by atoms with Crippen molar-refractivity contribution < 1.29 is 14.5 Å². The highest BCUT2D eigenvalue weighted by atomic mass is 35.5. The van der Waals surface area contributed by atoms with Crippen molar-refractivity contribution in [1.82, 2.24) is 5.32 Å². The van der Waals surface area contributed by atoms with E-state index in [1.54, 1.807) is 0 Å². The Kier molecular flexibility index (Phi) is 6.97. The molecule has 1 N–H and O–H groups in total. The number of carbonyl (C=O) groups excluding carboxylic acids is 1. The molecular weight excluding hydrogens is 356 g/mol. The van der Waals surface area contributed by atoms with Gasteiger partial charge in [-0.3, -0.25) is 14.9 Å². The van der Waals surface area contributed by atoms with Gasteiger partial charge >= 0.3 is 0 Å². The van der Waals surface area contributed by atoms with Crippen LogP contribution >= 0.6 is 11.6 Å². The normalized spacial score (nSPS) is 10.6. The second-order valence-corrected chi connectivity index (χ2v) is 6.50. The topological polar surface area (TPSA) is 81.5 Å². The van der Waals surface area contributed by atoms with Crippen molar-refractivity contribution >= 4 is 23.2 Å². The van der Waals surface area contributed by atoms with Gasteiger partial charge in [-0.2, -0.15) is 0 Å². The monoisotopic (exact) mass is 376 g/mol. The number of halogens is 1. The van der Waals surface area contributed by atoms with Crippen LogP contribution in [0.2, 0.25) is 5.02 Å². The van der Waals surface area contributed by atoms with Crippen LogP contribution in [0.4, 0.5) is 5.69 Å². The van der Waals surface area contributed by atoms with Gasteiger partial charge in [0, 0.05) is 18.2 Å². The zero-order valence-electron chi connectivity index (χ0n) is 14.7. The minimum atomic E-state index is -0.606. The molecule has 0 heterocycles. The summed E-state index contributed by atoms with van der Waals surface area (Å²) in [6.07, 6.45) is 1.65. The molecule has 1 amide bonds. The van der Waals surface area contributed by atoms with Crippen molar-refractivity contribution in [3.05, 3.63) is 68.7 Å². The summed E-state index contributed by atoms with van der Waals surface area (Å²) < 4.78 is 5.66. The smallest absolute Gasteiger partial charge is 0.288 e. The Morgan fingerprint density at radius 1 is 1.27 bits per heavy atom. The van der Waals surface area contributed by atoms with Gasteiger partial charge in [0.25, 0.3) is 11.6 Å². The molecule has 26 heavy (non-hydrogen) atoms. The maximum absolute atomic E-state index is 12.1. The van der Waals surface area contributed by atoms with E-state index in [-0.39, 0.29) is 28.3 Å². The molecule has 0 saturated carbocycles. The summed E-state index contributed by atoms with van der Waals surface area (Å²) in [6, 6.07) is 11.9. The van der Waals surface area contributed by atoms with E-state index in [0.717, 1.165) is 24.2 Å². The van der Waals surface area contributed by atoms with Crippen LogP contribution in [0.3, 0.4) is 0 Å². The van der Waals surface area contributed by atoms with Gasteiger partial charge in [-0.1, -0.05) is 23.7 Å². The van der Waals surface area contributed by atoms with Crippen LogP contribution in [0.5, 0.6) is 5.75 Å². The average Bonchev–Trinajstić information content (AvgIpc) is 2.58. The highest BCUT2D eigenvalue weighted by molar-refractivity contribution is 6.32. The minimum Gasteiger partial charge on any atom is -0.491 e. The lowest BCUT2D eigenvalue weighted by molar-refractivity contribution is -0.384. The number of aryl methyl sites for hydroxylation is 1. The van der Waals surface area contributed by atoms with E-state index in [4.69, 9.17) is 16.3 Å². The number of hydrogen-bond donors (Lipinski definition) is 1. The number of nitrogens with one attached hydrogen (secondary N) is 1. The highest BCUT2D eigenvalue weighted by Crippen LogP contribution is 2.25. The first-order chi connectivity index (χ1) is 12.4. The number of ether oxygens (including phenoxy) is 1. The molecule has 0 spiro atoms. The van der Waals surface area contributed by atoms with E-state index in [2.05, 4.69) is 5.32 Å². The summed E-state index contributed by atoms with van der Waals surface area (Å²) in [5.74, 6) is 0.469. The molecule has 2 aromatic rings. The molecule has 0 radical (unpaired) electrons. The van der Waals surface area contributed by atoms with Gasteiger partial charge in [-0.05, 0) is 56.5 Å². The van der Waals surface area contributed by atoms with Crippen LogP contribution in [0.1, 0.15) is 36.2 Å². The van der Waals surface area contributed by atoms with Gasteiger partial charge in [0.05, 0.1) is 11.0 Å². The van der Waals surface area contributed by atoms with Gasteiger partial charge in [-0.15, -0.1) is 0 Å². The number of nitrogens with zero attached hydrogens (tertiary/aromatic N) is 1. The zero-order valence-corrected chi connectivity index (χ0v) is 15.5. The molecule has 0 bridgehead atoms. The molecular formula is C19H21ClN2O4. The molecule has 138 valence electrons. The predicted molar refractivity (Wildman–Crippen MR) is 101 cm³/mol. The van der Waals surface area contributed by atoms with E-state index in [9.17, 15) is 14.9 Å². The van der Waals surface area contributed by atoms with E-state index < -0.39 is 4.92 Å². The number of nitro groups is 1. The number of amides is 1. The van der Waals surface area contributed by atoms with Gasteiger partial charge in [0.15, 0.2) is 0 Å². The first-order valence-corrected chi connectivity index (χ1v) is 8.72. The van der Waals surface area contributed by atoms with E-state index in [1.165, 1.54) is 18.2 Å². The lowest BCUT2D eigenvalue weighted by Gasteiger charge is -2.11. The Labute approximate surface area is 157 Å². The van der Waals surface area contributed by atoms with Crippen LogP contribution in [-0.2, 0) is 6.42 Å². The van der Waals surface area contributed by atoms with Gasteiger partial charge in [-0.25, -0.2) is 0 Å². The number of rotatable bonds is 8. The molecule has 0 aliphatic heterocycles. The lowest BCUT2D eigenvalue weighted by Crippen LogP contribution is -2.24. The van der Waals surface area contributed by atoms with Crippen molar-refractivity contribution in [3.8, 4) is 5.75 Å². The highest BCUT2D eigenvalue weighted by Gasteiger charge is 2.15. The summed E-state index contributed by atoms with van der Waals surface area (Å²) in [7, 11) is 0. The van der Waals surface area contributed by atoms with Crippen molar-refractivity contribution in [2.45, 2.75) is 32.8 Å². The fraction of sp³-hybridized carbons (Fsp3) is 0.316. The quantitative estimate of drug-likeness (QED) is 0.420. The SMILES string of the molecule is CC(C)Oc1cccc(CCCNC(=O)c2ccc(Cl)c([N+](=O)[O-])c2)c1. The molecule has 0 saturated heterocycles. The summed E-state index contributed by atoms with van der Waals surface area (Å²) in [6.45, 7) is 4.41. The minimum absolute atomic E-state index is 0.00930. The van der Waals surface area contributed by atoms with Crippen molar-refractivity contribution in [2.75, 3.05) is 6.54 Å². The van der Waals surface area contributed by atoms with Crippen molar-refractivity contribution in [3.63, 3.8) is 0 Å². The molecule has 0 aliphatic rings. The Bertz CT molecular complexity index is 793. The number of nitro benzene ring substituents is 1. The van der Waals surface area contributed by atoms with E-state index >= 15 is 0 Å². The first-order valence-electron chi connectivity index (χ1n) is 8.34.